The number of thiazole rings is 1. The minimum atomic E-state index is -4.53. The molecule has 0 aliphatic heterocycles. The second kappa shape index (κ2) is 7.20. The second-order valence-corrected chi connectivity index (χ2v) is 7.54. The molecule has 0 atom stereocenters. The van der Waals surface area contributed by atoms with Crippen molar-refractivity contribution in [1.29, 1.82) is 0 Å². The van der Waals surface area contributed by atoms with Gasteiger partial charge in [0.25, 0.3) is 0 Å². The second-order valence-electron chi connectivity index (χ2n) is 5.70. The van der Waals surface area contributed by atoms with Crippen LogP contribution in [-0.2, 0) is 6.18 Å². The number of aromatic nitrogens is 4. The highest BCUT2D eigenvalue weighted by Gasteiger charge is 2.33. The molecular formula is C18H9Cl2F3N4S. The number of pyridine rings is 1. The van der Waals surface area contributed by atoms with Crippen LogP contribution >= 0.6 is 34.5 Å². The number of benzene rings is 1. The Kier molecular flexibility index (Phi) is 4.86. The highest BCUT2D eigenvalue weighted by molar-refractivity contribution is 7.18. The van der Waals surface area contributed by atoms with Crippen LogP contribution in [0.5, 0.6) is 0 Å². The summed E-state index contributed by atoms with van der Waals surface area (Å²) in [7, 11) is 0. The molecule has 1 aromatic carbocycles. The molecule has 4 nitrogen and oxygen atoms in total. The van der Waals surface area contributed by atoms with E-state index in [4.69, 9.17) is 23.2 Å². The summed E-state index contributed by atoms with van der Waals surface area (Å²) in [5, 5.41) is 1.38. The van der Waals surface area contributed by atoms with Crippen molar-refractivity contribution in [3.05, 3.63) is 64.7 Å². The van der Waals surface area contributed by atoms with Gasteiger partial charge < -0.3 is 4.98 Å². The lowest BCUT2D eigenvalue weighted by molar-refractivity contribution is -0.140. The first kappa shape index (κ1) is 18.9. The first-order valence-electron chi connectivity index (χ1n) is 7.82. The van der Waals surface area contributed by atoms with Gasteiger partial charge in [0.1, 0.15) is 16.5 Å². The standard InChI is InChI=1S/C18H9Cl2F3N4S/c19-10-1-2-11(12(20)7-10)14-15(16-25-8-13(26-16)18(21,22)23)28-17(27-14)9-3-5-24-6-4-9/h1-8H,(H,25,26). The van der Waals surface area contributed by atoms with Gasteiger partial charge in [-0.3, -0.25) is 4.98 Å². The molecule has 0 aliphatic rings. The van der Waals surface area contributed by atoms with Gasteiger partial charge in [-0.05, 0) is 30.3 Å². The Labute approximate surface area is 171 Å². The van der Waals surface area contributed by atoms with E-state index in [1.54, 1.807) is 42.7 Å². The monoisotopic (exact) mass is 440 g/mol. The van der Waals surface area contributed by atoms with Crippen molar-refractivity contribution < 1.29 is 13.2 Å². The first-order chi connectivity index (χ1) is 13.3. The molecule has 28 heavy (non-hydrogen) atoms. The SMILES string of the molecule is FC(F)(F)c1cnc(-c2sc(-c3ccncc3)nc2-c2ccc(Cl)cc2Cl)[nH]1. The van der Waals surface area contributed by atoms with Crippen LogP contribution in [-0.4, -0.2) is 19.9 Å². The van der Waals surface area contributed by atoms with E-state index in [-0.39, 0.29) is 5.82 Å². The topological polar surface area (TPSA) is 54.5 Å². The van der Waals surface area contributed by atoms with Crippen LogP contribution in [0.15, 0.2) is 48.9 Å². The van der Waals surface area contributed by atoms with E-state index in [0.29, 0.717) is 31.2 Å². The average Bonchev–Trinajstić information content (AvgIpc) is 3.29. The number of rotatable bonds is 3. The summed E-state index contributed by atoms with van der Waals surface area (Å²) in [6.07, 6.45) is -0.545. The molecular weight excluding hydrogens is 432 g/mol. The normalized spacial score (nSPS) is 11.8. The Bertz CT molecular complexity index is 1140. The zero-order valence-electron chi connectivity index (χ0n) is 13.8. The summed E-state index contributed by atoms with van der Waals surface area (Å²) < 4.78 is 39.0. The smallest absolute Gasteiger partial charge is 0.334 e. The lowest BCUT2D eigenvalue weighted by Gasteiger charge is -2.04. The summed E-state index contributed by atoms with van der Waals surface area (Å²) in [6.45, 7) is 0. The summed E-state index contributed by atoms with van der Waals surface area (Å²) in [4.78, 5) is 15.3. The Morgan fingerprint density at radius 3 is 2.43 bits per heavy atom. The van der Waals surface area contributed by atoms with E-state index in [1.165, 1.54) is 11.3 Å². The molecule has 0 aliphatic carbocycles. The highest BCUT2D eigenvalue weighted by Crippen LogP contribution is 2.42. The Morgan fingerprint density at radius 1 is 1.04 bits per heavy atom. The molecule has 0 fully saturated rings. The highest BCUT2D eigenvalue weighted by atomic mass is 35.5. The quantitative estimate of drug-likeness (QED) is 0.390. The number of hydrogen-bond acceptors (Lipinski definition) is 4. The third kappa shape index (κ3) is 3.63. The maximum absolute atomic E-state index is 13.0. The van der Waals surface area contributed by atoms with Crippen LogP contribution in [0.3, 0.4) is 0 Å². The van der Waals surface area contributed by atoms with Crippen LogP contribution in [0.1, 0.15) is 5.69 Å². The van der Waals surface area contributed by atoms with Gasteiger partial charge in [-0.25, -0.2) is 9.97 Å². The largest absolute Gasteiger partial charge is 0.432 e. The number of hydrogen-bond donors (Lipinski definition) is 1. The van der Waals surface area contributed by atoms with Crippen molar-refractivity contribution in [3.8, 4) is 32.5 Å². The molecule has 0 radical (unpaired) electrons. The number of halogens is 5. The summed E-state index contributed by atoms with van der Waals surface area (Å²) in [5.74, 6) is 0.0612. The van der Waals surface area contributed by atoms with Gasteiger partial charge in [0.15, 0.2) is 0 Å². The van der Waals surface area contributed by atoms with Crippen LogP contribution < -0.4 is 0 Å². The minimum Gasteiger partial charge on any atom is -0.334 e. The Morgan fingerprint density at radius 2 is 1.79 bits per heavy atom. The molecule has 4 aromatic rings. The van der Waals surface area contributed by atoms with Crippen molar-refractivity contribution in [2.45, 2.75) is 6.18 Å². The first-order valence-corrected chi connectivity index (χ1v) is 9.39. The van der Waals surface area contributed by atoms with Gasteiger partial charge in [0, 0.05) is 28.5 Å². The van der Waals surface area contributed by atoms with Gasteiger partial charge in [-0.15, -0.1) is 11.3 Å². The number of alkyl halides is 3. The maximum Gasteiger partial charge on any atom is 0.432 e. The average molecular weight is 441 g/mol. The number of H-pyrrole nitrogens is 1. The van der Waals surface area contributed by atoms with Crippen molar-refractivity contribution in [3.63, 3.8) is 0 Å². The van der Waals surface area contributed by atoms with E-state index in [1.807, 2.05) is 0 Å². The zero-order valence-corrected chi connectivity index (χ0v) is 16.1. The van der Waals surface area contributed by atoms with E-state index >= 15 is 0 Å². The van der Waals surface area contributed by atoms with E-state index in [0.717, 1.165) is 11.8 Å². The van der Waals surface area contributed by atoms with Crippen molar-refractivity contribution in [2.75, 3.05) is 0 Å². The van der Waals surface area contributed by atoms with E-state index < -0.39 is 11.9 Å². The van der Waals surface area contributed by atoms with Gasteiger partial charge in [-0.2, -0.15) is 13.2 Å². The van der Waals surface area contributed by atoms with Crippen LogP contribution in [0.25, 0.3) is 32.5 Å². The van der Waals surface area contributed by atoms with Crippen LogP contribution in [0, 0.1) is 0 Å². The molecule has 3 heterocycles. The fourth-order valence-electron chi connectivity index (χ4n) is 2.54. The van der Waals surface area contributed by atoms with Gasteiger partial charge in [-0.1, -0.05) is 23.2 Å². The molecule has 10 heteroatoms. The molecule has 0 amide bonds. The number of aromatic amines is 1. The van der Waals surface area contributed by atoms with Gasteiger partial charge in [0.2, 0.25) is 0 Å². The number of nitrogens with one attached hydrogen (secondary N) is 1. The van der Waals surface area contributed by atoms with Crippen LogP contribution in [0.4, 0.5) is 13.2 Å². The number of nitrogens with zero attached hydrogens (tertiary/aromatic N) is 3. The number of imidazole rings is 1. The Hall–Kier alpha value is -2.42. The molecule has 0 saturated carbocycles. The molecule has 3 aromatic heterocycles. The maximum atomic E-state index is 13.0. The summed E-state index contributed by atoms with van der Waals surface area (Å²) >= 11 is 13.5. The lowest BCUT2D eigenvalue weighted by atomic mass is 10.1. The summed E-state index contributed by atoms with van der Waals surface area (Å²) in [6, 6.07) is 8.39. The van der Waals surface area contributed by atoms with Gasteiger partial charge >= 0.3 is 6.18 Å². The van der Waals surface area contributed by atoms with Crippen molar-refractivity contribution in [1.82, 2.24) is 19.9 Å². The Balaban J connectivity index is 1.91. The molecule has 1 N–H and O–H groups in total. The predicted molar refractivity (Wildman–Crippen MR) is 103 cm³/mol. The molecule has 4 rings (SSSR count). The fraction of sp³-hybridized carbons (Fsp3) is 0.0556. The third-order valence-electron chi connectivity index (χ3n) is 3.84. The van der Waals surface area contributed by atoms with E-state index in [9.17, 15) is 13.2 Å². The zero-order chi connectivity index (χ0) is 19.9. The molecule has 0 bridgehead atoms. The van der Waals surface area contributed by atoms with Crippen molar-refractivity contribution >= 4 is 34.5 Å². The van der Waals surface area contributed by atoms with Gasteiger partial charge in [0.05, 0.1) is 21.8 Å². The minimum absolute atomic E-state index is 0.0612. The molecule has 0 saturated heterocycles. The van der Waals surface area contributed by atoms with Crippen LogP contribution in [0.2, 0.25) is 10.0 Å². The summed E-state index contributed by atoms with van der Waals surface area (Å²) in [5.41, 5.74) is 0.804. The molecule has 0 unspecified atom stereocenters. The van der Waals surface area contributed by atoms with Crippen molar-refractivity contribution in [2.24, 2.45) is 0 Å². The van der Waals surface area contributed by atoms with E-state index in [2.05, 4.69) is 19.9 Å². The molecule has 0 spiro atoms. The molecule has 142 valence electrons. The third-order valence-corrected chi connectivity index (χ3v) is 5.50. The fourth-order valence-corrected chi connectivity index (χ4v) is 4.08. The lowest BCUT2D eigenvalue weighted by Crippen LogP contribution is -2.04. The predicted octanol–water partition coefficient (Wildman–Crippen LogP) is 6.59.